The van der Waals surface area contributed by atoms with Crippen LogP contribution in [0.15, 0.2) is 18.2 Å². The molecular weight excluding hydrogens is 270 g/mol. The van der Waals surface area contributed by atoms with E-state index in [1.165, 1.54) is 24.8 Å². The Balaban J connectivity index is 2.14. The van der Waals surface area contributed by atoms with Crippen LogP contribution in [0.3, 0.4) is 0 Å². The second-order valence-electron chi connectivity index (χ2n) is 6.16. The average molecular weight is 296 g/mol. The molecule has 3 unspecified atom stereocenters. The summed E-state index contributed by atoms with van der Waals surface area (Å²) in [5.74, 6) is 3.28. The predicted molar refractivity (Wildman–Crippen MR) is 85.6 cm³/mol. The number of benzene rings is 1. The maximum atomic E-state index is 6.15. The zero-order valence-corrected chi connectivity index (χ0v) is 13.5. The molecule has 1 aromatic rings. The molecular formula is C17H26ClNO. The zero-order valence-electron chi connectivity index (χ0n) is 12.8. The number of methoxy groups -OCH3 is 1. The Morgan fingerprint density at radius 3 is 2.80 bits per heavy atom. The monoisotopic (exact) mass is 295 g/mol. The molecule has 0 aromatic heterocycles. The summed E-state index contributed by atoms with van der Waals surface area (Å²) in [5.41, 5.74) is 1.25. The Hall–Kier alpha value is -0.730. The highest BCUT2D eigenvalue weighted by atomic mass is 35.5. The highest BCUT2D eigenvalue weighted by Gasteiger charge is 2.28. The molecule has 3 heteroatoms. The molecule has 20 heavy (non-hydrogen) atoms. The van der Waals surface area contributed by atoms with Gasteiger partial charge >= 0.3 is 0 Å². The van der Waals surface area contributed by atoms with E-state index in [2.05, 4.69) is 25.4 Å². The Labute approximate surface area is 127 Å². The topological polar surface area (TPSA) is 21.3 Å². The van der Waals surface area contributed by atoms with Gasteiger partial charge in [-0.15, -0.1) is 0 Å². The van der Waals surface area contributed by atoms with Crippen molar-refractivity contribution in [2.24, 2.45) is 17.8 Å². The fourth-order valence-electron chi connectivity index (χ4n) is 3.53. The lowest BCUT2D eigenvalue weighted by molar-refractivity contribution is 0.185. The summed E-state index contributed by atoms with van der Waals surface area (Å²) < 4.78 is 5.49. The van der Waals surface area contributed by atoms with Gasteiger partial charge < -0.3 is 10.1 Å². The van der Waals surface area contributed by atoms with Gasteiger partial charge in [-0.05, 0) is 74.4 Å². The van der Waals surface area contributed by atoms with Crippen molar-refractivity contribution in [3.05, 3.63) is 28.8 Å². The molecule has 1 aliphatic rings. The number of hydrogen-bond acceptors (Lipinski definition) is 2. The van der Waals surface area contributed by atoms with Crippen molar-refractivity contribution in [2.75, 3.05) is 20.7 Å². The van der Waals surface area contributed by atoms with Crippen LogP contribution in [0.5, 0.6) is 5.75 Å². The largest absolute Gasteiger partial charge is 0.496 e. The van der Waals surface area contributed by atoms with Crippen LogP contribution in [0.4, 0.5) is 0 Å². The normalized spacial score (nSPS) is 26.5. The molecule has 1 fully saturated rings. The molecule has 3 atom stereocenters. The van der Waals surface area contributed by atoms with Crippen LogP contribution in [-0.4, -0.2) is 20.7 Å². The smallest absolute Gasteiger partial charge is 0.122 e. The lowest BCUT2D eigenvalue weighted by atomic mass is 9.72. The first-order valence-corrected chi connectivity index (χ1v) is 7.98. The first-order valence-electron chi connectivity index (χ1n) is 7.61. The Morgan fingerprint density at radius 1 is 1.30 bits per heavy atom. The van der Waals surface area contributed by atoms with E-state index in [9.17, 15) is 0 Å². The van der Waals surface area contributed by atoms with Gasteiger partial charge in [-0.1, -0.05) is 24.9 Å². The summed E-state index contributed by atoms with van der Waals surface area (Å²) in [6.45, 7) is 3.48. The van der Waals surface area contributed by atoms with Gasteiger partial charge in [0.25, 0.3) is 0 Å². The summed E-state index contributed by atoms with van der Waals surface area (Å²) in [6, 6.07) is 5.95. The Morgan fingerprint density at radius 2 is 2.10 bits per heavy atom. The molecule has 0 saturated heterocycles. The van der Waals surface area contributed by atoms with Gasteiger partial charge in [-0.3, -0.25) is 0 Å². The van der Waals surface area contributed by atoms with Gasteiger partial charge in [0.1, 0.15) is 5.75 Å². The van der Waals surface area contributed by atoms with Crippen LogP contribution in [-0.2, 0) is 6.42 Å². The molecule has 0 radical (unpaired) electrons. The highest BCUT2D eigenvalue weighted by Crippen LogP contribution is 2.37. The first kappa shape index (κ1) is 15.7. The molecule has 1 aromatic carbocycles. The fourth-order valence-corrected chi connectivity index (χ4v) is 3.73. The van der Waals surface area contributed by atoms with Gasteiger partial charge in [0.15, 0.2) is 0 Å². The molecule has 0 bridgehead atoms. The number of hydrogen-bond donors (Lipinski definition) is 1. The summed E-state index contributed by atoms with van der Waals surface area (Å²) in [4.78, 5) is 0. The van der Waals surface area contributed by atoms with Crippen LogP contribution in [0.1, 0.15) is 31.7 Å². The van der Waals surface area contributed by atoms with E-state index in [1.807, 2.05) is 12.1 Å². The van der Waals surface area contributed by atoms with Crippen molar-refractivity contribution in [3.8, 4) is 5.75 Å². The van der Waals surface area contributed by atoms with Crippen LogP contribution in [0, 0.1) is 17.8 Å². The average Bonchev–Trinajstić information content (AvgIpc) is 2.42. The Kier molecular flexibility index (Phi) is 5.74. The predicted octanol–water partition coefficient (Wildman–Crippen LogP) is 4.16. The van der Waals surface area contributed by atoms with E-state index >= 15 is 0 Å². The Bertz CT molecular complexity index is 435. The van der Waals surface area contributed by atoms with Crippen molar-refractivity contribution in [3.63, 3.8) is 0 Å². The molecule has 0 heterocycles. The lowest BCUT2D eigenvalue weighted by Crippen LogP contribution is -2.32. The van der Waals surface area contributed by atoms with E-state index in [0.717, 1.165) is 41.5 Å². The number of rotatable bonds is 5. The van der Waals surface area contributed by atoms with Crippen molar-refractivity contribution in [1.29, 1.82) is 0 Å². The number of nitrogens with one attached hydrogen (secondary N) is 1. The standard InChI is InChI=1S/C17H26ClNO/c1-12-4-5-13(11-19-2)14(8-12)9-15-10-16(18)6-7-17(15)20-3/h6-7,10,12-14,19H,4-5,8-9,11H2,1-3H3. The third kappa shape index (κ3) is 3.89. The maximum absolute atomic E-state index is 6.15. The second kappa shape index (κ2) is 7.33. The SMILES string of the molecule is CNCC1CCC(C)CC1Cc1cc(Cl)ccc1OC. The third-order valence-electron chi connectivity index (χ3n) is 4.59. The van der Waals surface area contributed by atoms with Crippen molar-refractivity contribution >= 4 is 11.6 Å². The molecule has 112 valence electrons. The first-order chi connectivity index (χ1) is 9.63. The van der Waals surface area contributed by atoms with Gasteiger partial charge in [0, 0.05) is 5.02 Å². The van der Waals surface area contributed by atoms with Gasteiger partial charge in [-0.2, -0.15) is 0 Å². The van der Waals surface area contributed by atoms with Crippen LogP contribution in [0.25, 0.3) is 0 Å². The van der Waals surface area contributed by atoms with E-state index in [4.69, 9.17) is 16.3 Å². The molecule has 1 aliphatic carbocycles. The molecule has 2 nitrogen and oxygen atoms in total. The van der Waals surface area contributed by atoms with Gasteiger partial charge in [-0.25, -0.2) is 0 Å². The summed E-state index contributed by atoms with van der Waals surface area (Å²) in [5, 5.41) is 4.15. The molecule has 0 aliphatic heterocycles. The molecule has 1 N–H and O–H groups in total. The van der Waals surface area contributed by atoms with E-state index in [1.54, 1.807) is 7.11 Å². The summed E-state index contributed by atoms with van der Waals surface area (Å²) >= 11 is 6.15. The molecule has 2 rings (SSSR count). The van der Waals surface area contributed by atoms with E-state index in [-0.39, 0.29) is 0 Å². The minimum absolute atomic E-state index is 0.721. The van der Waals surface area contributed by atoms with Gasteiger partial charge in [0.2, 0.25) is 0 Å². The molecule has 0 spiro atoms. The minimum atomic E-state index is 0.721. The third-order valence-corrected chi connectivity index (χ3v) is 4.83. The number of ether oxygens (including phenoxy) is 1. The summed E-state index contributed by atoms with van der Waals surface area (Å²) in [7, 11) is 3.79. The van der Waals surface area contributed by atoms with E-state index in [0.29, 0.717) is 0 Å². The fraction of sp³-hybridized carbons (Fsp3) is 0.647. The van der Waals surface area contributed by atoms with Crippen molar-refractivity contribution < 1.29 is 4.74 Å². The summed E-state index contributed by atoms with van der Waals surface area (Å²) in [6.07, 6.45) is 5.06. The molecule has 1 saturated carbocycles. The second-order valence-corrected chi connectivity index (χ2v) is 6.59. The minimum Gasteiger partial charge on any atom is -0.496 e. The maximum Gasteiger partial charge on any atom is 0.122 e. The van der Waals surface area contributed by atoms with Crippen LogP contribution in [0.2, 0.25) is 5.02 Å². The highest BCUT2D eigenvalue weighted by molar-refractivity contribution is 6.30. The zero-order chi connectivity index (χ0) is 14.5. The van der Waals surface area contributed by atoms with Crippen LogP contribution >= 0.6 is 11.6 Å². The van der Waals surface area contributed by atoms with Crippen molar-refractivity contribution in [2.45, 2.75) is 32.6 Å². The molecule has 0 amide bonds. The lowest BCUT2D eigenvalue weighted by Gasteiger charge is -2.35. The van der Waals surface area contributed by atoms with Crippen LogP contribution < -0.4 is 10.1 Å². The van der Waals surface area contributed by atoms with Gasteiger partial charge in [0.05, 0.1) is 7.11 Å². The van der Waals surface area contributed by atoms with Crippen molar-refractivity contribution in [1.82, 2.24) is 5.32 Å². The quantitative estimate of drug-likeness (QED) is 0.880. The van der Waals surface area contributed by atoms with E-state index < -0.39 is 0 Å². The number of halogens is 1.